The Kier molecular flexibility index (Phi) is 4.46. The van der Waals surface area contributed by atoms with Crippen LogP contribution < -0.4 is 5.32 Å². The molecule has 1 amide bonds. The Morgan fingerprint density at radius 3 is 2.60 bits per heavy atom. The number of hydrogen-bond acceptors (Lipinski definition) is 2. The second kappa shape index (κ2) is 6.48. The quantitative estimate of drug-likeness (QED) is 0.927. The minimum Gasteiger partial charge on any atom is -0.351 e. The monoisotopic (exact) mass is 268 g/mol. The van der Waals surface area contributed by atoms with E-state index in [1.807, 2.05) is 12.1 Å². The van der Waals surface area contributed by atoms with Crippen LogP contribution in [0, 0.1) is 17.1 Å². The van der Waals surface area contributed by atoms with Crippen LogP contribution in [0.3, 0.4) is 0 Å². The van der Waals surface area contributed by atoms with Crippen LogP contribution in [0.25, 0.3) is 0 Å². The summed E-state index contributed by atoms with van der Waals surface area (Å²) in [6.07, 6.45) is 0. The van der Waals surface area contributed by atoms with E-state index in [2.05, 4.69) is 5.32 Å². The summed E-state index contributed by atoms with van der Waals surface area (Å²) in [7, 11) is 0. The molecule has 0 radical (unpaired) electrons. The Hall–Kier alpha value is -2.67. The number of hydrogen-bond donors (Lipinski definition) is 1. The standard InChI is InChI=1S/C16H13FN2O/c17-14-8-4-5-12(9-14)11-19-16(20)15(10-18)13-6-2-1-3-7-13/h1-9,15H,11H2,(H,19,20). The number of nitrogens with zero attached hydrogens (tertiary/aromatic N) is 1. The van der Waals surface area contributed by atoms with Crippen molar-refractivity contribution in [2.75, 3.05) is 0 Å². The molecule has 0 aliphatic heterocycles. The fourth-order valence-electron chi connectivity index (χ4n) is 1.87. The van der Waals surface area contributed by atoms with E-state index < -0.39 is 5.92 Å². The van der Waals surface area contributed by atoms with E-state index in [0.717, 1.165) is 0 Å². The van der Waals surface area contributed by atoms with Crippen LogP contribution in [0.5, 0.6) is 0 Å². The van der Waals surface area contributed by atoms with Gasteiger partial charge >= 0.3 is 0 Å². The summed E-state index contributed by atoms with van der Waals surface area (Å²) >= 11 is 0. The lowest BCUT2D eigenvalue weighted by Gasteiger charge is -2.10. The SMILES string of the molecule is N#CC(C(=O)NCc1cccc(F)c1)c1ccccc1. The number of rotatable bonds is 4. The van der Waals surface area contributed by atoms with Crippen molar-refractivity contribution in [2.45, 2.75) is 12.5 Å². The molecule has 0 heterocycles. The summed E-state index contributed by atoms with van der Waals surface area (Å²) < 4.78 is 13.0. The fourth-order valence-corrected chi connectivity index (χ4v) is 1.87. The fraction of sp³-hybridized carbons (Fsp3) is 0.125. The number of benzene rings is 2. The maximum atomic E-state index is 13.0. The van der Waals surface area contributed by atoms with Crippen molar-refractivity contribution in [3.63, 3.8) is 0 Å². The number of halogens is 1. The first-order valence-electron chi connectivity index (χ1n) is 6.17. The van der Waals surface area contributed by atoms with Crippen molar-refractivity contribution in [3.05, 3.63) is 71.5 Å². The molecular weight excluding hydrogens is 255 g/mol. The summed E-state index contributed by atoms with van der Waals surface area (Å²) in [5.41, 5.74) is 1.30. The summed E-state index contributed by atoms with van der Waals surface area (Å²) in [5.74, 6) is -1.59. The Morgan fingerprint density at radius 2 is 1.95 bits per heavy atom. The van der Waals surface area contributed by atoms with Crippen molar-refractivity contribution in [2.24, 2.45) is 0 Å². The largest absolute Gasteiger partial charge is 0.351 e. The molecule has 0 fully saturated rings. The molecule has 0 saturated carbocycles. The van der Waals surface area contributed by atoms with Gasteiger partial charge in [-0.1, -0.05) is 42.5 Å². The minimum absolute atomic E-state index is 0.196. The molecule has 20 heavy (non-hydrogen) atoms. The van der Waals surface area contributed by atoms with E-state index in [1.54, 1.807) is 36.4 Å². The molecule has 2 rings (SSSR count). The third-order valence-corrected chi connectivity index (χ3v) is 2.88. The summed E-state index contributed by atoms with van der Waals surface area (Å²) in [4.78, 5) is 12.0. The Balaban J connectivity index is 2.02. The van der Waals surface area contributed by atoms with Crippen molar-refractivity contribution in [1.82, 2.24) is 5.32 Å². The highest BCUT2D eigenvalue weighted by Gasteiger charge is 2.19. The minimum atomic E-state index is -0.857. The predicted molar refractivity (Wildman–Crippen MR) is 73.0 cm³/mol. The highest BCUT2D eigenvalue weighted by molar-refractivity contribution is 5.86. The topological polar surface area (TPSA) is 52.9 Å². The summed E-state index contributed by atoms with van der Waals surface area (Å²) in [6, 6.07) is 16.8. The molecule has 1 N–H and O–H groups in total. The molecule has 0 saturated heterocycles. The van der Waals surface area contributed by atoms with Gasteiger partial charge in [0, 0.05) is 6.54 Å². The van der Waals surface area contributed by atoms with E-state index >= 15 is 0 Å². The molecule has 3 nitrogen and oxygen atoms in total. The van der Waals surface area contributed by atoms with Gasteiger partial charge in [0.2, 0.25) is 5.91 Å². The van der Waals surface area contributed by atoms with Gasteiger partial charge in [-0.25, -0.2) is 4.39 Å². The van der Waals surface area contributed by atoms with Crippen LogP contribution in [-0.4, -0.2) is 5.91 Å². The van der Waals surface area contributed by atoms with Crippen LogP contribution in [0.1, 0.15) is 17.0 Å². The first kappa shape index (κ1) is 13.8. The maximum Gasteiger partial charge on any atom is 0.242 e. The average molecular weight is 268 g/mol. The van der Waals surface area contributed by atoms with Gasteiger partial charge in [0.05, 0.1) is 6.07 Å². The van der Waals surface area contributed by atoms with Gasteiger partial charge in [0.25, 0.3) is 0 Å². The highest BCUT2D eigenvalue weighted by atomic mass is 19.1. The number of nitrogens with one attached hydrogen (secondary N) is 1. The van der Waals surface area contributed by atoms with E-state index in [1.165, 1.54) is 12.1 Å². The lowest BCUT2D eigenvalue weighted by Crippen LogP contribution is -2.28. The summed E-state index contributed by atoms with van der Waals surface area (Å²) in [6.45, 7) is 0.196. The second-order valence-corrected chi connectivity index (χ2v) is 4.32. The molecule has 1 atom stereocenters. The number of nitriles is 1. The van der Waals surface area contributed by atoms with E-state index in [-0.39, 0.29) is 18.3 Å². The molecule has 2 aromatic rings. The number of carbonyl (C=O) groups is 1. The van der Waals surface area contributed by atoms with Gasteiger partial charge in [-0.3, -0.25) is 4.79 Å². The van der Waals surface area contributed by atoms with Crippen LogP contribution in [0.2, 0.25) is 0 Å². The predicted octanol–water partition coefficient (Wildman–Crippen LogP) is 2.75. The van der Waals surface area contributed by atoms with Crippen molar-refractivity contribution < 1.29 is 9.18 Å². The molecule has 0 aliphatic rings. The average Bonchev–Trinajstić information content (AvgIpc) is 2.47. The summed E-state index contributed by atoms with van der Waals surface area (Å²) in [5, 5.41) is 11.8. The third kappa shape index (κ3) is 3.42. The van der Waals surface area contributed by atoms with Crippen molar-refractivity contribution in [1.29, 1.82) is 5.26 Å². The molecule has 100 valence electrons. The second-order valence-electron chi connectivity index (χ2n) is 4.32. The first-order chi connectivity index (χ1) is 9.70. The Morgan fingerprint density at radius 1 is 1.20 bits per heavy atom. The van der Waals surface area contributed by atoms with Crippen LogP contribution in [0.15, 0.2) is 54.6 Å². The van der Waals surface area contributed by atoms with Gasteiger partial charge in [0.15, 0.2) is 0 Å². The smallest absolute Gasteiger partial charge is 0.242 e. The zero-order valence-corrected chi connectivity index (χ0v) is 10.7. The van der Waals surface area contributed by atoms with Crippen LogP contribution >= 0.6 is 0 Å². The molecule has 0 aliphatic carbocycles. The van der Waals surface area contributed by atoms with E-state index in [0.29, 0.717) is 11.1 Å². The Labute approximate surface area is 116 Å². The van der Waals surface area contributed by atoms with Gasteiger partial charge in [-0.15, -0.1) is 0 Å². The normalized spacial score (nSPS) is 11.4. The van der Waals surface area contributed by atoms with Crippen LogP contribution in [0.4, 0.5) is 4.39 Å². The zero-order valence-electron chi connectivity index (χ0n) is 10.7. The highest BCUT2D eigenvalue weighted by Crippen LogP contribution is 2.14. The van der Waals surface area contributed by atoms with E-state index in [9.17, 15) is 9.18 Å². The molecule has 1 unspecified atom stereocenters. The van der Waals surface area contributed by atoms with Gasteiger partial charge in [-0.2, -0.15) is 5.26 Å². The van der Waals surface area contributed by atoms with E-state index in [4.69, 9.17) is 5.26 Å². The molecule has 0 spiro atoms. The van der Waals surface area contributed by atoms with Crippen LogP contribution in [-0.2, 0) is 11.3 Å². The zero-order chi connectivity index (χ0) is 14.4. The molecule has 0 bridgehead atoms. The van der Waals surface area contributed by atoms with Crippen molar-refractivity contribution >= 4 is 5.91 Å². The third-order valence-electron chi connectivity index (χ3n) is 2.88. The lowest BCUT2D eigenvalue weighted by atomic mass is 10.00. The molecule has 0 aromatic heterocycles. The van der Waals surface area contributed by atoms with Gasteiger partial charge in [0.1, 0.15) is 11.7 Å². The number of amides is 1. The molecule has 4 heteroatoms. The molecular formula is C16H13FN2O. The van der Waals surface area contributed by atoms with Gasteiger partial charge in [-0.05, 0) is 23.3 Å². The molecule has 2 aromatic carbocycles. The van der Waals surface area contributed by atoms with Gasteiger partial charge < -0.3 is 5.32 Å². The van der Waals surface area contributed by atoms with Crippen molar-refractivity contribution in [3.8, 4) is 6.07 Å². The lowest BCUT2D eigenvalue weighted by molar-refractivity contribution is -0.121. The Bertz CT molecular complexity index is 634. The number of carbonyl (C=O) groups excluding carboxylic acids is 1. The first-order valence-corrected chi connectivity index (χ1v) is 6.17. The maximum absolute atomic E-state index is 13.0.